The van der Waals surface area contributed by atoms with Gasteiger partial charge in [0.05, 0.1) is 18.2 Å². The van der Waals surface area contributed by atoms with Gasteiger partial charge >= 0.3 is 0 Å². The van der Waals surface area contributed by atoms with Crippen molar-refractivity contribution < 1.29 is 14.3 Å². The van der Waals surface area contributed by atoms with Gasteiger partial charge in [-0.25, -0.2) is 0 Å². The number of fused-ring (bicyclic) bond motifs is 1. The van der Waals surface area contributed by atoms with Gasteiger partial charge in [-0.2, -0.15) is 0 Å². The number of halogens is 1. The van der Waals surface area contributed by atoms with Crippen LogP contribution in [0.3, 0.4) is 0 Å². The van der Waals surface area contributed by atoms with Crippen LogP contribution in [0, 0.1) is 5.92 Å². The number of benzene rings is 1. The molecule has 0 bridgehead atoms. The average molecular weight is 298 g/mol. The van der Waals surface area contributed by atoms with E-state index in [0.29, 0.717) is 41.2 Å². The molecule has 5 heteroatoms. The Morgan fingerprint density at radius 2 is 1.95 bits per heavy atom. The van der Waals surface area contributed by atoms with Gasteiger partial charge < -0.3 is 14.8 Å². The van der Waals surface area contributed by atoms with Gasteiger partial charge in [-0.15, -0.1) is 0 Å². The largest absolute Gasteiger partial charge is 0.489 e. The Hall–Kier alpha value is -1.42. The number of amides is 1. The molecule has 0 radical (unpaired) electrons. The molecule has 110 valence electrons. The van der Waals surface area contributed by atoms with Crippen LogP contribution >= 0.6 is 11.6 Å². The van der Waals surface area contributed by atoms with Crippen molar-refractivity contribution in [3.8, 4) is 11.5 Å². The molecule has 1 aliphatic rings. The summed E-state index contributed by atoms with van der Waals surface area (Å²) < 4.78 is 11.1. The molecule has 0 aliphatic carbocycles. The highest BCUT2D eigenvalue weighted by atomic mass is 35.5. The summed E-state index contributed by atoms with van der Waals surface area (Å²) in [6.45, 7) is 7.24. The van der Waals surface area contributed by atoms with E-state index in [4.69, 9.17) is 21.1 Å². The highest BCUT2D eigenvalue weighted by Crippen LogP contribution is 2.37. The Labute approximate surface area is 124 Å². The molecule has 0 unspecified atom stereocenters. The van der Waals surface area contributed by atoms with E-state index < -0.39 is 0 Å². The second-order valence-electron chi connectivity index (χ2n) is 5.34. The van der Waals surface area contributed by atoms with Crippen LogP contribution in [0.5, 0.6) is 11.5 Å². The minimum atomic E-state index is -0.149. The lowest BCUT2D eigenvalue weighted by Crippen LogP contribution is -2.36. The predicted molar refractivity (Wildman–Crippen MR) is 78.8 cm³/mol. The zero-order chi connectivity index (χ0) is 14.7. The Kier molecular flexibility index (Phi) is 4.76. The van der Waals surface area contributed by atoms with Crippen LogP contribution in [0.1, 0.15) is 37.6 Å². The molecule has 1 aromatic carbocycles. The van der Waals surface area contributed by atoms with Crippen LogP contribution in [0.4, 0.5) is 0 Å². The summed E-state index contributed by atoms with van der Waals surface area (Å²) in [6.07, 6.45) is 0.803. The lowest BCUT2D eigenvalue weighted by Gasteiger charge is -2.18. The molecule has 1 aromatic rings. The maximum absolute atomic E-state index is 12.2. The maximum atomic E-state index is 12.2. The van der Waals surface area contributed by atoms with Crippen LogP contribution < -0.4 is 14.8 Å². The van der Waals surface area contributed by atoms with E-state index in [0.717, 1.165) is 6.42 Å². The molecule has 1 N–H and O–H groups in total. The highest BCUT2D eigenvalue weighted by molar-refractivity contribution is 6.32. The van der Waals surface area contributed by atoms with Crippen LogP contribution in [-0.4, -0.2) is 25.2 Å². The third-order valence-corrected chi connectivity index (χ3v) is 3.70. The highest BCUT2D eigenvalue weighted by Gasteiger charge is 2.19. The molecule has 1 aliphatic heterocycles. The van der Waals surface area contributed by atoms with Gasteiger partial charge in [0.15, 0.2) is 11.5 Å². The van der Waals surface area contributed by atoms with Crippen LogP contribution in [-0.2, 0) is 0 Å². The molecule has 1 heterocycles. The van der Waals surface area contributed by atoms with Crippen molar-refractivity contribution in [2.24, 2.45) is 5.92 Å². The van der Waals surface area contributed by atoms with Gasteiger partial charge in [0, 0.05) is 18.0 Å². The van der Waals surface area contributed by atoms with Gasteiger partial charge in [0.1, 0.15) is 0 Å². The number of nitrogens with one attached hydrogen (secondary N) is 1. The average Bonchev–Trinajstić information content (AvgIpc) is 2.63. The Bertz CT molecular complexity index is 502. The van der Waals surface area contributed by atoms with E-state index in [1.165, 1.54) is 0 Å². The molecule has 2 rings (SSSR count). The van der Waals surface area contributed by atoms with Crippen molar-refractivity contribution in [1.82, 2.24) is 5.32 Å². The third-order valence-electron chi connectivity index (χ3n) is 3.42. The first kappa shape index (κ1) is 15.0. The van der Waals surface area contributed by atoms with E-state index >= 15 is 0 Å². The van der Waals surface area contributed by atoms with Crippen molar-refractivity contribution in [2.75, 3.05) is 13.2 Å². The van der Waals surface area contributed by atoms with Gasteiger partial charge in [-0.1, -0.05) is 25.4 Å². The van der Waals surface area contributed by atoms with Gasteiger partial charge in [0.2, 0.25) is 0 Å². The van der Waals surface area contributed by atoms with Crippen LogP contribution in [0.2, 0.25) is 5.02 Å². The fourth-order valence-corrected chi connectivity index (χ4v) is 2.08. The monoisotopic (exact) mass is 297 g/mol. The van der Waals surface area contributed by atoms with Gasteiger partial charge in [-0.05, 0) is 25.0 Å². The Morgan fingerprint density at radius 1 is 1.25 bits per heavy atom. The number of ether oxygens (including phenoxy) is 2. The Morgan fingerprint density at radius 3 is 2.65 bits per heavy atom. The topological polar surface area (TPSA) is 47.6 Å². The first-order valence-corrected chi connectivity index (χ1v) is 7.27. The fraction of sp³-hybridized carbons (Fsp3) is 0.533. The van der Waals surface area contributed by atoms with Crippen molar-refractivity contribution in [2.45, 2.75) is 33.2 Å². The smallest absolute Gasteiger partial charge is 0.251 e. The van der Waals surface area contributed by atoms with E-state index in [1.807, 2.05) is 6.92 Å². The quantitative estimate of drug-likeness (QED) is 0.931. The third kappa shape index (κ3) is 3.37. The molecule has 0 aromatic heterocycles. The first-order valence-electron chi connectivity index (χ1n) is 6.89. The molecule has 4 nitrogen and oxygen atoms in total. The van der Waals surface area contributed by atoms with Gasteiger partial charge in [-0.3, -0.25) is 4.79 Å². The maximum Gasteiger partial charge on any atom is 0.251 e. The van der Waals surface area contributed by atoms with Crippen molar-refractivity contribution in [3.05, 3.63) is 22.7 Å². The molecular weight excluding hydrogens is 278 g/mol. The fourth-order valence-electron chi connectivity index (χ4n) is 1.82. The number of carbonyl (C=O) groups excluding carboxylic acids is 1. The van der Waals surface area contributed by atoms with E-state index in [9.17, 15) is 4.79 Å². The molecule has 0 saturated heterocycles. The summed E-state index contributed by atoms with van der Waals surface area (Å²) in [4.78, 5) is 12.2. The summed E-state index contributed by atoms with van der Waals surface area (Å²) in [6, 6.07) is 3.41. The van der Waals surface area contributed by atoms with E-state index in [-0.39, 0.29) is 11.9 Å². The molecule has 1 atom stereocenters. The summed E-state index contributed by atoms with van der Waals surface area (Å²) in [5, 5.41) is 3.36. The normalized spacial score (nSPS) is 15.7. The van der Waals surface area contributed by atoms with Crippen molar-refractivity contribution >= 4 is 17.5 Å². The van der Waals surface area contributed by atoms with E-state index in [1.54, 1.807) is 12.1 Å². The summed E-state index contributed by atoms with van der Waals surface area (Å²) in [7, 11) is 0. The molecule has 1 amide bonds. The number of carbonyl (C=O) groups is 1. The van der Waals surface area contributed by atoms with Gasteiger partial charge in [0.25, 0.3) is 5.91 Å². The lowest BCUT2D eigenvalue weighted by molar-refractivity contribution is 0.0930. The van der Waals surface area contributed by atoms with Crippen LogP contribution in [0.15, 0.2) is 12.1 Å². The second kappa shape index (κ2) is 6.35. The number of hydrogen-bond donors (Lipinski definition) is 1. The molecular formula is C15H20ClNO3. The molecule has 0 saturated carbocycles. The van der Waals surface area contributed by atoms with E-state index in [2.05, 4.69) is 19.2 Å². The zero-order valence-corrected chi connectivity index (χ0v) is 12.8. The minimum absolute atomic E-state index is 0.0947. The zero-order valence-electron chi connectivity index (χ0n) is 12.0. The van der Waals surface area contributed by atoms with Crippen molar-refractivity contribution in [3.63, 3.8) is 0 Å². The molecule has 0 spiro atoms. The number of rotatable bonds is 3. The number of hydrogen-bond acceptors (Lipinski definition) is 3. The van der Waals surface area contributed by atoms with Crippen LogP contribution in [0.25, 0.3) is 0 Å². The summed E-state index contributed by atoms with van der Waals surface area (Å²) in [5.41, 5.74) is 0.492. The van der Waals surface area contributed by atoms with Crippen molar-refractivity contribution in [1.29, 1.82) is 0 Å². The SMILES string of the molecule is CC(C)[C@@H](C)NC(=O)c1cc(Cl)c2c(c1)OCCCO2. The minimum Gasteiger partial charge on any atom is -0.489 e. The first-order chi connectivity index (χ1) is 9.49. The summed E-state index contributed by atoms with van der Waals surface area (Å²) >= 11 is 6.18. The second-order valence-corrected chi connectivity index (χ2v) is 5.75. The molecule has 20 heavy (non-hydrogen) atoms. The Balaban J connectivity index is 2.23. The lowest BCUT2D eigenvalue weighted by atomic mass is 10.1. The summed E-state index contributed by atoms with van der Waals surface area (Å²) in [5.74, 6) is 1.29. The molecule has 0 fully saturated rings. The predicted octanol–water partition coefficient (Wildman–Crippen LogP) is 3.28. The standard InChI is InChI=1S/C15H20ClNO3/c1-9(2)10(3)17-15(18)11-7-12(16)14-13(8-11)19-5-4-6-20-14/h7-10H,4-6H2,1-3H3,(H,17,18)/t10-/m1/s1.